The number of amides is 1. The van der Waals surface area contributed by atoms with Crippen molar-refractivity contribution >= 4 is 17.5 Å². The molecular formula is C13H15ClFNO2. The molecule has 0 radical (unpaired) electrons. The molecule has 0 aliphatic carbocycles. The number of carbonyl (C=O) groups is 1. The molecule has 0 aromatic heterocycles. The molecule has 2 rings (SSSR count). The van der Waals surface area contributed by atoms with Crippen LogP contribution in [-0.2, 0) is 0 Å². The number of phenolic OH excluding ortho intramolecular Hbond substituents is 1. The van der Waals surface area contributed by atoms with E-state index >= 15 is 0 Å². The number of piperidine rings is 1. The number of benzene rings is 1. The van der Waals surface area contributed by atoms with Crippen molar-refractivity contribution in [1.82, 2.24) is 4.90 Å². The van der Waals surface area contributed by atoms with Crippen LogP contribution in [-0.4, -0.2) is 34.4 Å². The predicted molar refractivity (Wildman–Crippen MR) is 67.5 cm³/mol. The lowest BCUT2D eigenvalue weighted by Gasteiger charge is -2.34. The van der Waals surface area contributed by atoms with Crippen LogP contribution < -0.4 is 0 Å². The summed E-state index contributed by atoms with van der Waals surface area (Å²) in [6.07, 6.45) is 2.80. The van der Waals surface area contributed by atoms with E-state index in [4.69, 9.17) is 11.6 Å². The smallest absolute Gasteiger partial charge is 0.258 e. The van der Waals surface area contributed by atoms with E-state index in [1.165, 1.54) is 6.07 Å². The summed E-state index contributed by atoms with van der Waals surface area (Å²) >= 11 is 5.85. The first-order valence-electron chi connectivity index (χ1n) is 5.99. The monoisotopic (exact) mass is 271 g/mol. The van der Waals surface area contributed by atoms with Gasteiger partial charge in [-0.1, -0.05) is 0 Å². The van der Waals surface area contributed by atoms with E-state index in [1.807, 2.05) is 0 Å². The van der Waals surface area contributed by atoms with E-state index in [-0.39, 0.29) is 23.3 Å². The summed E-state index contributed by atoms with van der Waals surface area (Å²) in [5, 5.41) is 9.65. The Morgan fingerprint density at radius 1 is 1.50 bits per heavy atom. The molecule has 1 aliphatic heterocycles. The summed E-state index contributed by atoms with van der Waals surface area (Å²) in [6.45, 7) is 0.603. The van der Waals surface area contributed by atoms with Crippen molar-refractivity contribution in [1.29, 1.82) is 0 Å². The van der Waals surface area contributed by atoms with Crippen LogP contribution in [0.2, 0.25) is 0 Å². The van der Waals surface area contributed by atoms with E-state index in [2.05, 4.69) is 0 Å². The van der Waals surface area contributed by atoms with E-state index in [0.717, 1.165) is 31.4 Å². The SMILES string of the molecule is O=C(c1cc(F)ccc1O)N1CCCCC1CCl. The molecule has 0 spiro atoms. The first-order chi connectivity index (χ1) is 8.63. The second-order valence-corrected chi connectivity index (χ2v) is 4.77. The number of phenols is 1. The van der Waals surface area contributed by atoms with Crippen molar-refractivity contribution in [3.05, 3.63) is 29.6 Å². The zero-order chi connectivity index (χ0) is 13.1. The van der Waals surface area contributed by atoms with Gasteiger partial charge in [0.15, 0.2) is 0 Å². The summed E-state index contributed by atoms with van der Waals surface area (Å²) in [5.74, 6) is -0.713. The molecule has 1 atom stereocenters. The Morgan fingerprint density at radius 2 is 2.28 bits per heavy atom. The average Bonchev–Trinajstić information content (AvgIpc) is 2.40. The van der Waals surface area contributed by atoms with Crippen LogP contribution in [0.4, 0.5) is 4.39 Å². The van der Waals surface area contributed by atoms with Gasteiger partial charge in [0.2, 0.25) is 0 Å². The summed E-state index contributed by atoms with van der Waals surface area (Å²) in [7, 11) is 0. The Kier molecular flexibility index (Phi) is 4.07. The fraction of sp³-hybridized carbons (Fsp3) is 0.462. The maximum Gasteiger partial charge on any atom is 0.258 e. The second-order valence-electron chi connectivity index (χ2n) is 4.46. The Bertz CT molecular complexity index is 453. The molecule has 1 amide bonds. The molecule has 18 heavy (non-hydrogen) atoms. The van der Waals surface area contributed by atoms with Gasteiger partial charge in [0, 0.05) is 18.5 Å². The molecule has 1 N–H and O–H groups in total. The molecule has 0 bridgehead atoms. The van der Waals surface area contributed by atoms with Crippen LogP contribution in [0.3, 0.4) is 0 Å². The number of carbonyl (C=O) groups excluding carboxylic acids is 1. The van der Waals surface area contributed by atoms with Crippen LogP contribution in [0.1, 0.15) is 29.6 Å². The largest absolute Gasteiger partial charge is 0.507 e. The van der Waals surface area contributed by atoms with E-state index in [1.54, 1.807) is 4.90 Å². The Morgan fingerprint density at radius 3 is 3.00 bits per heavy atom. The highest BCUT2D eigenvalue weighted by Gasteiger charge is 2.28. The number of alkyl halides is 1. The number of hydrogen-bond acceptors (Lipinski definition) is 2. The Labute approximate surface area is 110 Å². The van der Waals surface area contributed by atoms with Gasteiger partial charge >= 0.3 is 0 Å². The highest BCUT2D eigenvalue weighted by atomic mass is 35.5. The fourth-order valence-corrected chi connectivity index (χ4v) is 2.58. The van der Waals surface area contributed by atoms with Gasteiger partial charge in [-0.2, -0.15) is 0 Å². The predicted octanol–water partition coefficient (Wildman–Crippen LogP) is 2.76. The minimum Gasteiger partial charge on any atom is -0.507 e. The van der Waals surface area contributed by atoms with E-state index in [0.29, 0.717) is 12.4 Å². The number of nitrogens with zero attached hydrogens (tertiary/aromatic N) is 1. The first kappa shape index (κ1) is 13.1. The van der Waals surface area contributed by atoms with Gasteiger partial charge in [0.1, 0.15) is 11.6 Å². The summed E-state index contributed by atoms with van der Waals surface area (Å²) < 4.78 is 13.1. The maximum absolute atomic E-state index is 13.1. The number of likely N-dealkylation sites (tertiary alicyclic amines) is 1. The van der Waals surface area contributed by atoms with Gasteiger partial charge < -0.3 is 10.0 Å². The molecule has 1 heterocycles. The molecule has 1 unspecified atom stereocenters. The number of rotatable bonds is 2. The van der Waals surface area contributed by atoms with Crippen LogP contribution in [0.25, 0.3) is 0 Å². The van der Waals surface area contributed by atoms with Gasteiger partial charge in [0.25, 0.3) is 5.91 Å². The molecule has 5 heteroatoms. The average molecular weight is 272 g/mol. The molecule has 1 aliphatic rings. The maximum atomic E-state index is 13.1. The summed E-state index contributed by atoms with van der Waals surface area (Å²) in [5.41, 5.74) is 0.00650. The van der Waals surface area contributed by atoms with Gasteiger partial charge in [-0.25, -0.2) is 4.39 Å². The molecule has 1 aromatic carbocycles. The molecule has 3 nitrogen and oxygen atoms in total. The third-order valence-corrected chi connectivity index (χ3v) is 3.61. The molecule has 1 aromatic rings. The first-order valence-corrected chi connectivity index (χ1v) is 6.52. The fourth-order valence-electron chi connectivity index (χ4n) is 2.26. The topological polar surface area (TPSA) is 40.5 Å². The summed E-state index contributed by atoms with van der Waals surface area (Å²) in [4.78, 5) is 13.9. The molecule has 1 fully saturated rings. The van der Waals surface area contributed by atoms with Crippen LogP contribution in [0, 0.1) is 5.82 Å². The van der Waals surface area contributed by atoms with E-state index in [9.17, 15) is 14.3 Å². The van der Waals surface area contributed by atoms with Crippen molar-refractivity contribution in [2.24, 2.45) is 0 Å². The van der Waals surface area contributed by atoms with Gasteiger partial charge in [-0.15, -0.1) is 11.6 Å². The van der Waals surface area contributed by atoms with Crippen molar-refractivity contribution in [3.63, 3.8) is 0 Å². The summed E-state index contributed by atoms with van der Waals surface area (Å²) in [6, 6.07) is 3.36. The molecule has 0 saturated carbocycles. The quantitative estimate of drug-likeness (QED) is 0.841. The van der Waals surface area contributed by atoms with Crippen molar-refractivity contribution in [2.45, 2.75) is 25.3 Å². The number of aromatic hydroxyl groups is 1. The minimum atomic E-state index is -0.532. The lowest BCUT2D eigenvalue weighted by atomic mass is 10.0. The second kappa shape index (κ2) is 5.57. The Balaban J connectivity index is 2.26. The third-order valence-electron chi connectivity index (χ3n) is 3.26. The van der Waals surface area contributed by atoms with Gasteiger partial charge in [-0.05, 0) is 37.5 Å². The van der Waals surface area contributed by atoms with Crippen molar-refractivity contribution in [2.75, 3.05) is 12.4 Å². The number of halogens is 2. The molecule has 1 saturated heterocycles. The van der Waals surface area contributed by atoms with Crippen molar-refractivity contribution < 1.29 is 14.3 Å². The highest BCUT2D eigenvalue weighted by Crippen LogP contribution is 2.25. The zero-order valence-corrected chi connectivity index (χ0v) is 10.7. The van der Waals surface area contributed by atoms with Crippen LogP contribution in [0.5, 0.6) is 5.75 Å². The lowest BCUT2D eigenvalue weighted by Crippen LogP contribution is -2.44. The zero-order valence-electron chi connectivity index (χ0n) is 9.90. The highest BCUT2D eigenvalue weighted by molar-refractivity contribution is 6.18. The van der Waals surface area contributed by atoms with Crippen LogP contribution >= 0.6 is 11.6 Å². The van der Waals surface area contributed by atoms with Gasteiger partial charge in [-0.3, -0.25) is 4.79 Å². The molecule has 98 valence electrons. The third kappa shape index (κ3) is 2.58. The lowest BCUT2D eigenvalue weighted by molar-refractivity contribution is 0.0635. The Hall–Kier alpha value is -1.29. The normalized spacial score (nSPS) is 19.9. The number of hydrogen-bond donors (Lipinski definition) is 1. The van der Waals surface area contributed by atoms with Crippen LogP contribution in [0.15, 0.2) is 18.2 Å². The van der Waals surface area contributed by atoms with Crippen molar-refractivity contribution in [3.8, 4) is 5.75 Å². The van der Waals surface area contributed by atoms with Gasteiger partial charge in [0.05, 0.1) is 5.56 Å². The van der Waals surface area contributed by atoms with E-state index < -0.39 is 5.82 Å². The molecular weight excluding hydrogens is 257 g/mol. The minimum absolute atomic E-state index is 0.00650. The standard InChI is InChI=1S/C13H15ClFNO2/c14-8-10-3-1-2-6-16(10)13(18)11-7-9(15)4-5-12(11)17/h4-5,7,10,17H,1-3,6,8H2.